The monoisotopic (exact) mass is 379 g/mol. The molecule has 1 unspecified atom stereocenters. The lowest BCUT2D eigenvalue weighted by Gasteiger charge is -2.48. The Kier molecular flexibility index (Phi) is 6.21. The molecule has 3 rings (SSSR count). The van der Waals surface area contributed by atoms with Gasteiger partial charge in [-0.3, -0.25) is 9.69 Å². The Morgan fingerprint density at radius 2 is 1.57 bits per heavy atom. The molecule has 1 fully saturated rings. The highest BCUT2D eigenvalue weighted by molar-refractivity contribution is 5.88. The first-order valence-corrected chi connectivity index (χ1v) is 10.2. The molecule has 1 atom stereocenters. The Bertz CT molecular complexity index is 767. The summed E-state index contributed by atoms with van der Waals surface area (Å²) >= 11 is 0. The third-order valence-electron chi connectivity index (χ3n) is 6.46. The number of piperidine rings is 1. The van der Waals surface area contributed by atoms with Crippen LogP contribution in [0, 0.1) is 0 Å². The van der Waals surface area contributed by atoms with Gasteiger partial charge in [-0.05, 0) is 52.0 Å². The Labute approximate surface area is 169 Å². The molecule has 2 aromatic carbocycles. The number of amides is 1. The van der Waals surface area contributed by atoms with E-state index in [1.54, 1.807) is 0 Å². The number of carbonyl (C=O) groups is 1. The molecule has 2 aromatic rings. The molecule has 0 aliphatic carbocycles. The summed E-state index contributed by atoms with van der Waals surface area (Å²) in [5.74, 6) is 0.216. The number of carbonyl (C=O) groups excluding carboxylic acids is 1. The number of likely N-dealkylation sites (tertiary alicyclic amines) is 1. The van der Waals surface area contributed by atoms with Gasteiger partial charge in [-0.25, -0.2) is 0 Å². The van der Waals surface area contributed by atoms with Gasteiger partial charge in [0.05, 0.1) is 5.41 Å². The normalized spacial score (nSPS) is 18.7. The smallest absolute Gasteiger partial charge is 0.234 e. The minimum atomic E-state index is -0.555. The van der Waals surface area contributed by atoms with Gasteiger partial charge in [0.2, 0.25) is 5.91 Å². The second-order valence-corrected chi connectivity index (χ2v) is 8.31. The quantitative estimate of drug-likeness (QED) is 0.837. The molecule has 1 aliphatic rings. The van der Waals surface area contributed by atoms with Crippen molar-refractivity contribution in [1.29, 1.82) is 0 Å². The van der Waals surface area contributed by atoms with Crippen molar-refractivity contribution >= 4 is 5.91 Å². The molecular formula is C24H33N3O. The number of nitrogens with zero attached hydrogens (tertiary/aromatic N) is 2. The summed E-state index contributed by atoms with van der Waals surface area (Å²) < 4.78 is 0. The van der Waals surface area contributed by atoms with Crippen LogP contribution in [0.15, 0.2) is 60.7 Å². The van der Waals surface area contributed by atoms with Crippen LogP contribution < -0.4 is 5.32 Å². The second kappa shape index (κ2) is 8.46. The van der Waals surface area contributed by atoms with Gasteiger partial charge < -0.3 is 10.2 Å². The van der Waals surface area contributed by atoms with Gasteiger partial charge in [0.1, 0.15) is 0 Å². The summed E-state index contributed by atoms with van der Waals surface area (Å²) in [5.41, 5.74) is 1.85. The number of hydrogen-bond donors (Lipinski definition) is 1. The van der Waals surface area contributed by atoms with Crippen molar-refractivity contribution in [3.05, 3.63) is 71.8 Å². The first-order valence-electron chi connectivity index (χ1n) is 10.2. The molecule has 28 heavy (non-hydrogen) atoms. The molecule has 0 saturated carbocycles. The van der Waals surface area contributed by atoms with Crippen molar-refractivity contribution in [3.63, 3.8) is 0 Å². The molecule has 0 spiro atoms. The molecule has 1 aliphatic heterocycles. The van der Waals surface area contributed by atoms with Crippen molar-refractivity contribution in [3.8, 4) is 0 Å². The van der Waals surface area contributed by atoms with Crippen LogP contribution >= 0.6 is 0 Å². The number of hydrogen-bond acceptors (Lipinski definition) is 3. The standard InChI is InChI=1S/C24H33N3O/c1-23(19-25-2,20-11-7-5-8-12-20)22(28)27-17-15-24(16-18-27,26(3)4)21-13-9-6-10-14-21/h5-14,25H,15-19H2,1-4H3. The van der Waals surface area contributed by atoms with Crippen molar-refractivity contribution in [1.82, 2.24) is 15.1 Å². The Morgan fingerprint density at radius 3 is 2.07 bits per heavy atom. The molecule has 1 N–H and O–H groups in total. The summed E-state index contributed by atoms with van der Waals surface area (Å²) in [6, 6.07) is 20.9. The predicted octanol–water partition coefficient (Wildman–Crippen LogP) is 3.24. The molecule has 4 nitrogen and oxygen atoms in total. The molecule has 0 radical (unpaired) electrons. The second-order valence-electron chi connectivity index (χ2n) is 8.31. The molecule has 1 saturated heterocycles. The van der Waals surface area contributed by atoms with Gasteiger partial charge >= 0.3 is 0 Å². The third-order valence-corrected chi connectivity index (χ3v) is 6.46. The zero-order valence-corrected chi connectivity index (χ0v) is 17.6. The van der Waals surface area contributed by atoms with Crippen molar-refractivity contribution in [2.45, 2.75) is 30.7 Å². The molecule has 0 bridgehead atoms. The number of likely N-dealkylation sites (N-methyl/N-ethyl adjacent to an activating group) is 1. The average molecular weight is 380 g/mol. The summed E-state index contributed by atoms with van der Waals surface area (Å²) in [5, 5.41) is 3.23. The Morgan fingerprint density at radius 1 is 1.04 bits per heavy atom. The minimum absolute atomic E-state index is 0.00973. The Balaban J connectivity index is 1.82. The summed E-state index contributed by atoms with van der Waals surface area (Å²) in [6.45, 7) is 4.24. The van der Waals surface area contributed by atoms with Crippen LogP contribution in [0.3, 0.4) is 0 Å². The van der Waals surface area contributed by atoms with Crippen molar-refractivity contribution in [2.24, 2.45) is 0 Å². The lowest BCUT2D eigenvalue weighted by atomic mass is 9.77. The van der Waals surface area contributed by atoms with E-state index >= 15 is 0 Å². The lowest BCUT2D eigenvalue weighted by Crippen LogP contribution is -2.56. The van der Waals surface area contributed by atoms with E-state index in [4.69, 9.17) is 0 Å². The van der Waals surface area contributed by atoms with Gasteiger partial charge in [-0.15, -0.1) is 0 Å². The molecule has 4 heteroatoms. The minimum Gasteiger partial charge on any atom is -0.342 e. The van der Waals surface area contributed by atoms with Crippen LogP contribution in [-0.2, 0) is 15.7 Å². The summed E-state index contributed by atoms with van der Waals surface area (Å²) in [6.07, 6.45) is 1.89. The van der Waals surface area contributed by atoms with E-state index in [9.17, 15) is 4.79 Å². The molecular weight excluding hydrogens is 346 g/mol. The van der Waals surface area contributed by atoms with Crippen molar-refractivity contribution < 1.29 is 4.79 Å². The van der Waals surface area contributed by atoms with E-state index in [1.165, 1.54) is 5.56 Å². The Hall–Kier alpha value is -2.17. The summed E-state index contributed by atoms with van der Waals surface area (Å²) in [4.78, 5) is 18.0. The van der Waals surface area contributed by atoms with Gasteiger partial charge in [-0.1, -0.05) is 60.7 Å². The van der Waals surface area contributed by atoms with Gasteiger partial charge in [0.25, 0.3) is 0 Å². The van der Waals surface area contributed by atoms with E-state index in [0.717, 1.165) is 31.5 Å². The van der Waals surface area contributed by atoms with Gasteiger partial charge in [0, 0.05) is 25.2 Å². The van der Waals surface area contributed by atoms with E-state index in [-0.39, 0.29) is 11.4 Å². The van der Waals surface area contributed by atoms with Crippen LogP contribution in [0.2, 0.25) is 0 Å². The van der Waals surface area contributed by atoms with Crippen LogP contribution in [0.25, 0.3) is 0 Å². The topological polar surface area (TPSA) is 35.6 Å². The highest BCUT2D eigenvalue weighted by Crippen LogP contribution is 2.38. The third kappa shape index (κ3) is 3.71. The maximum atomic E-state index is 13.6. The maximum Gasteiger partial charge on any atom is 0.234 e. The van der Waals surface area contributed by atoms with Crippen molar-refractivity contribution in [2.75, 3.05) is 40.8 Å². The fraction of sp³-hybridized carbons (Fsp3) is 0.458. The highest BCUT2D eigenvalue weighted by Gasteiger charge is 2.43. The molecule has 0 aromatic heterocycles. The van der Waals surface area contributed by atoms with Crippen LogP contribution in [-0.4, -0.2) is 56.5 Å². The number of rotatable bonds is 6. The first-order chi connectivity index (χ1) is 13.4. The van der Waals surface area contributed by atoms with E-state index in [1.807, 2.05) is 25.2 Å². The molecule has 1 amide bonds. The lowest BCUT2D eigenvalue weighted by molar-refractivity contribution is -0.139. The fourth-order valence-corrected chi connectivity index (χ4v) is 4.63. The van der Waals surface area contributed by atoms with E-state index in [2.05, 4.69) is 78.6 Å². The van der Waals surface area contributed by atoms with Gasteiger partial charge in [0.15, 0.2) is 0 Å². The van der Waals surface area contributed by atoms with Crippen LogP contribution in [0.4, 0.5) is 0 Å². The van der Waals surface area contributed by atoms with E-state index < -0.39 is 5.41 Å². The molecule has 1 heterocycles. The first kappa shape index (κ1) is 20.6. The molecule has 150 valence electrons. The predicted molar refractivity (Wildman–Crippen MR) is 115 cm³/mol. The van der Waals surface area contributed by atoms with Gasteiger partial charge in [-0.2, -0.15) is 0 Å². The maximum absolute atomic E-state index is 13.6. The SMILES string of the molecule is CNCC(C)(C(=O)N1CCC(c2ccccc2)(N(C)C)CC1)c1ccccc1. The van der Waals surface area contributed by atoms with E-state index in [0.29, 0.717) is 6.54 Å². The average Bonchev–Trinajstić information content (AvgIpc) is 2.74. The van der Waals surface area contributed by atoms with Crippen LogP contribution in [0.5, 0.6) is 0 Å². The number of nitrogens with one attached hydrogen (secondary N) is 1. The van der Waals surface area contributed by atoms with Crippen LogP contribution in [0.1, 0.15) is 30.9 Å². The fourth-order valence-electron chi connectivity index (χ4n) is 4.63. The largest absolute Gasteiger partial charge is 0.342 e. The number of benzene rings is 2. The zero-order chi connectivity index (χ0) is 20.2. The zero-order valence-electron chi connectivity index (χ0n) is 17.6. The highest BCUT2D eigenvalue weighted by atomic mass is 16.2. The summed E-state index contributed by atoms with van der Waals surface area (Å²) in [7, 11) is 6.22.